The summed E-state index contributed by atoms with van der Waals surface area (Å²) in [6.07, 6.45) is 9.63. The van der Waals surface area contributed by atoms with Crippen molar-refractivity contribution in [3.63, 3.8) is 0 Å². The normalized spacial score (nSPS) is 12.3. The first-order chi connectivity index (χ1) is 64.8. The van der Waals surface area contributed by atoms with Gasteiger partial charge in [0.1, 0.15) is 0 Å². The van der Waals surface area contributed by atoms with Gasteiger partial charge in [-0.25, -0.2) is 0 Å². The fourth-order valence-electron chi connectivity index (χ4n) is 18.9. The SMILES string of the molecule is CCC(Cc1ccc(-c2cc(-n3c4ccccc4c4ccccc43)cc(-n3c4ccccc4c4ccccc43)c2)cc1)OC.CCC(Cc1ccc(-c2ccc(-c3nnc(-c4ccc(C(C)(C)C)cc4)o3)cc2)cc1)OC.CCC(O)Cc1cc(C)c2c(c1)c1ccc[c-]c1c1nc(-c3cccc(C)n3)cn12.Cc1cc(C)c2c(c1)c1ccc[c-]c1c1nc(-c3cccc(C)n3)cn12.[Ir]. The second-order valence-corrected chi connectivity index (χ2v) is 36.1. The number of fused-ring (bicyclic) bond motifs is 18. The second kappa shape index (κ2) is 39.0. The van der Waals surface area contributed by atoms with Crippen LogP contribution in [0, 0.1) is 46.8 Å². The van der Waals surface area contributed by atoms with Crippen LogP contribution in [0.5, 0.6) is 0 Å². The van der Waals surface area contributed by atoms with E-state index in [0.717, 1.165) is 138 Å². The Labute approximate surface area is 796 Å². The van der Waals surface area contributed by atoms with Gasteiger partial charge in [-0.1, -0.05) is 240 Å². The van der Waals surface area contributed by atoms with Gasteiger partial charge < -0.3 is 36.9 Å². The van der Waals surface area contributed by atoms with Crippen LogP contribution in [0.1, 0.15) is 111 Å². The Morgan fingerprint density at radius 2 is 0.761 bits per heavy atom. The van der Waals surface area contributed by atoms with Crippen molar-refractivity contribution in [2.75, 3.05) is 14.2 Å². The number of aryl methyl sites for hydroxylation is 5. The zero-order valence-corrected chi connectivity index (χ0v) is 80.4. The van der Waals surface area contributed by atoms with E-state index in [-0.39, 0.29) is 43.8 Å². The third-order valence-electron chi connectivity index (χ3n) is 25.9. The number of rotatable bonds is 19. The number of aliphatic hydroxyl groups is 1. The van der Waals surface area contributed by atoms with Gasteiger partial charge in [-0.3, -0.25) is 19.9 Å². The number of nitrogens with zero attached hydrogens (tertiary/aromatic N) is 10. The molecule has 3 unspecified atom stereocenters. The van der Waals surface area contributed by atoms with Gasteiger partial charge in [0.05, 0.1) is 74.4 Å². The summed E-state index contributed by atoms with van der Waals surface area (Å²) in [5.74, 6) is 1.06. The minimum Gasteiger partial charge on any atom is -0.416 e. The monoisotopic (exact) mass is 1930 g/mol. The number of benzene rings is 13. The summed E-state index contributed by atoms with van der Waals surface area (Å²) in [4.78, 5) is 19.2. The molecule has 22 rings (SSSR count). The molecule has 0 saturated carbocycles. The fraction of sp³-hybridized carbons (Fsp3) is 0.193. The van der Waals surface area contributed by atoms with Crippen molar-refractivity contribution in [1.82, 2.24) is 48.1 Å². The number of hydrogen-bond acceptors (Lipinski definition) is 10. The van der Waals surface area contributed by atoms with E-state index in [1.807, 2.05) is 106 Å². The molecule has 9 aromatic heterocycles. The van der Waals surface area contributed by atoms with E-state index in [1.54, 1.807) is 14.2 Å². The molecule has 15 heteroatoms. The smallest absolute Gasteiger partial charge is 0.248 e. The van der Waals surface area contributed by atoms with Gasteiger partial charge in [-0.15, -0.1) is 69.5 Å². The van der Waals surface area contributed by atoms with Gasteiger partial charge in [0.2, 0.25) is 11.8 Å². The molecule has 14 nitrogen and oxygen atoms in total. The summed E-state index contributed by atoms with van der Waals surface area (Å²) in [6.45, 7) is 23.4. The van der Waals surface area contributed by atoms with Crippen LogP contribution < -0.4 is 0 Å². The third kappa shape index (κ3) is 18.3. The fourth-order valence-corrected chi connectivity index (χ4v) is 18.9. The van der Waals surface area contributed by atoms with Gasteiger partial charge in [-0.05, 0) is 236 Å². The maximum absolute atomic E-state index is 10.2. The number of para-hydroxylation sites is 4. The molecule has 0 aliphatic carbocycles. The van der Waals surface area contributed by atoms with Crippen LogP contribution in [-0.2, 0) is 54.3 Å². The molecule has 0 spiro atoms. The largest absolute Gasteiger partial charge is 0.416 e. The minimum atomic E-state index is -0.323. The molecule has 0 saturated heterocycles. The van der Waals surface area contributed by atoms with Crippen LogP contribution >= 0.6 is 0 Å². The number of pyridine rings is 4. The number of hydrogen-bond donors (Lipinski definition) is 1. The summed E-state index contributed by atoms with van der Waals surface area (Å²) < 4.78 is 26.3. The van der Waals surface area contributed by atoms with E-state index in [0.29, 0.717) is 18.2 Å². The van der Waals surface area contributed by atoms with E-state index in [1.165, 1.54) is 110 Å². The zero-order chi connectivity index (χ0) is 91.7. The van der Waals surface area contributed by atoms with E-state index in [2.05, 4.69) is 342 Å². The maximum atomic E-state index is 10.2. The summed E-state index contributed by atoms with van der Waals surface area (Å²) in [6, 6.07) is 116. The van der Waals surface area contributed by atoms with Crippen LogP contribution in [0.3, 0.4) is 0 Å². The Morgan fingerprint density at radius 1 is 0.366 bits per heavy atom. The Kier molecular flexibility index (Phi) is 26.3. The molecule has 134 heavy (non-hydrogen) atoms. The minimum absolute atomic E-state index is 0. The topological polar surface area (TPSA) is 148 Å². The molecule has 0 aliphatic rings. The molecule has 669 valence electrons. The molecule has 22 aromatic rings. The number of methoxy groups -OCH3 is 2. The first-order valence-corrected chi connectivity index (χ1v) is 46.2. The number of imidazole rings is 2. The van der Waals surface area contributed by atoms with E-state index in [9.17, 15) is 5.11 Å². The van der Waals surface area contributed by atoms with Gasteiger partial charge in [0.25, 0.3) is 0 Å². The molecule has 13 aromatic carbocycles. The molecular formula is C119H108IrN10O4-2. The van der Waals surface area contributed by atoms with Crippen molar-refractivity contribution in [2.45, 2.75) is 138 Å². The van der Waals surface area contributed by atoms with Crippen molar-refractivity contribution in [2.24, 2.45) is 0 Å². The van der Waals surface area contributed by atoms with E-state index in [4.69, 9.17) is 23.9 Å². The summed E-state index contributed by atoms with van der Waals surface area (Å²) >= 11 is 0. The van der Waals surface area contributed by atoms with Gasteiger partial charge in [0.15, 0.2) is 0 Å². The van der Waals surface area contributed by atoms with Crippen molar-refractivity contribution < 1.29 is 39.1 Å². The van der Waals surface area contributed by atoms with Crippen molar-refractivity contribution in [3.8, 4) is 79.3 Å². The first-order valence-electron chi connectivity index (χ1n) is 46.2. The van der Waals surface area contributed by atoms with Crippen molar-refractivity contribution in [1.29, 1.82) is 0 Å². The number of aliphatic hydroxyl groups excluding tert-OH is 1. The zero-order valence-electron chi connectivity index (χ0n) is 78.1. The first kappa shape index (κ1) is 90.4. The van der Waals surface area contributed by atoms with E-state index < -0.39 is 0 Å². The predicted molar refractivity (Wildman–Crippen MR) is 548 cm³/mol. The molecule has 0 fully saturated rings. The van der Waals surface area contributed by atoms with Gasteiger partial charge in [0, 0.05) is 113 Å². The second-order valence-electron chi connectivity index (χ2n) is 36.1. The Morgan fingerprint density at radius 3 is 1.18 bits per heavy atom. The molecular weight excluding hydrogens is 1830 g/mol. The van der Waals surface area contributed by atoms with Crippen LogP contribution in [0.15, 0.2) is 326 Å². The maximum Gasteiger partial charge on any atom is 0.248 e. The van der Waals surface area contributed by atoms with Crippen LogP contribution in [0.2, 0.25) is 0 Å². The Bertz CT molecular complexity index is 7790. The van der Waals surface area contributed by atoms with Crippen LogP contribution in [0.4, 0.5) is 0 Å². The Balaban J connectivity index is 0.000000121. The number of aromatic nitrogens is 10. The van der Waals surface area contributed by atoms with Crippen molar-refractivity contribution >= 4 is 98.3 Å². The molecule has 0 amide bonds. The van der Waals surface area contributed by atoms with Gasteiger partial charge in [-0.2, -0.15) is 0 Å². The Hall–Kier alpha value is -14.2. The molecule has 0 bridgehead atoms. The van der Waals surface area contributed by atoms with Crippen LogP contribution in [0.25, 0.3) is 178 Å². The standard InChI is InChI=1S/C41H34N2O.C29H32N2O2.C26H24N3O.C23H18N3.Ir/c1-3-33(44-2)24-28-20-22-29(23-21-28)30-25-31(42-38-16-8-4-12-34(38)35-13-5-9-17-39(35)42)27-32(26-30)43-40-18-10-6-14-36(40)37-15-7-11-19-41(37)43;1-6-26(32-5)19-20-7-9-21(10-8-20)22-11-13-23(14-12-22)27-30-31-28(33-27)24-15-17-25(18-16-24)29(2,3)4;1-4-19(30)13-18-12-16(2)25-22(14-18)20-9-5-6-10-21(20)26-28-24(15-29(25)26)23-11-7-8-17(3)27-23;1-14-11-15(2)22-19(12-14)17-8-4-5-9-18(17)23-25-21(13-26(22)23)20-10-6-7-16(3)24-20;/h4-23,25-27,33H,3,24H2,1-2H3;7-18,26H,6,19H2,1-5H3;5-9,11-12,14-15,19,30H,4,13H2,1-3H3;4-8,10-13H,1-3H3;/q;;2*-1;. The quantitative estimate of drug-likeness (QED) is 0.0613. The third-order valence-corrected chi connectivity index (χ3v) is 25.9. The summed E-state index contributed by atoms with van der Waals surface area (Å²) in [5, 5.41) is 30.5. The molecule has 9 heterocycles. The van der Waals surface area contributed by atoms with Gasteiger partial charge >= 0.3 is 0 Å². The predicted octanol–water partition coefficient (Wildman–Crippen LogP) is 28.7. The number of ether oxygens (including phenoxy) is 2. The summed E-state index contributed by atoms with van der Waals surface area (Å²) in [5.41, 5.74) is 32.1. The molecule has 0 aliphatic heterocycles. The molecule has 1 N–H and O–H groups in total. The molecule has 3 atom stereocenters. The average molecular weight is 1930 g/mol. The average Bonchev–Trinajstić information content (AvgIpc) is 1.54. The molecule has 1 radical (unpaired) electrons. The van der Waals surface area contributed by atoms with Crippen molar-refractivity contribution in [3.05, 3.63) is 384 Å². The summed E-state index contributed by atoms with van der Waals surface area (Å²) in [7, 11) is 3.58. The van der Waals surface area contributed by atoms with Crippen LogP contribution in [-0.4, -0.2) is 85.7 Å². The van der Waals surface area contributed by atoms with E-state index >= 15 is 0 Å².